The van der Waals surface area contributed by atoms with E-state index in [0.717, 1.165) is 0 Å². The normalized spacial score (nSPS) is 12.3. The van der Waals surface area contributed by atoms with E-state index in [-0.39, 0.29) is 17.1 Å². The maximum atomic E-state index is 12.0. The molecule has 1 amide bonds. The Balaban J connectivity index is 2.18. The second-order valence-electron chi connectivity index (χ2n) is 4.51. The van der Waals surface area contributed by atoms with Crippen LogP contribution in [0.4, 0.5) is 0 Å². The summed E-state index contributed by atoms with van der Waals surface area (Å²) in [6.45, 7) is 0. The van der Waals surface area contributed by atoms with E-state index in [9.17, 15) is 9.59 Å². The maximum absolute atomic E-state index is 12.0. The standard InChI is InChI=1S/C15H12Cl3NO5/c1-22-13(21)9-4-2-5-10(8-9)24-14(15(16,17)18)19-12(20)11-6-3-7-23-11/h2-8,14H,1H3,(H,19,20). The number of amides is 1. The van der Waals surface area contributed by atoms with Gasteiger partial charge < -0.3 is 19.2 Å². The molecule has 0 aliphatic heterocycles. The number of alkyl halides is 3. The third-order valence-electron chi connectivity index (χ3n) is 2.81. The molecular weight excluding hydrogens is 381 g/mol. The van der Waals surface area contributed by atoms with Crippen molar-refractivity contribution in [2.75, 3.05) is 7.11 Å². The van der Waals surface area contributed by atoms with Crippen molar-refractivity contribution in [2.24, 2.45) is 0 Å². The molecule has 0 aliphatic carbocycles. The quantitative estimate of drug-likeness (QED) is 0.478. The van der Waals surface area contributed by atoms with E-state index in [4.69, 9.17) is 44.0 Å². The Morgan fingerprint density at radius 1 is 1.21 bits per heavy atom. The van der Waals surface area contributed by atoms with Crippen LogP contribution in [0.15, 0.2) is 47.1 Å². The number of hydrogen-bond acceptors (Lipinski definition) is 5. The average molecular weight is 393 g/mol. The molecule has 1 N–H and O–H groups in total. The summed E-state index contributed by atoms with van der Waals surface area (Å²) in [5.74, 6) is -0.943. The number of carbonyl (C=O) groups excluding carboxylic acids is 2. The maximum Gasteiger partial charge on any atom is 0.337 e. The minimum absolute atomic E-state index is 0.0289. The Morgan fingerprint density at radius 3 is 2.54 bits per heavy atom. The number of benzene rings is 1. The van der Waals surface area contributed by atoms with Crippen LogP contribution in [0.25, 0.3) is 0 Å². The van der Waals surface area contributed by atoms with Crippen LogP contribution in [-0.4, -0.2) is 29.0 Å². The fourth-order valence-corrected chi connectivity index (χ4v) is 2.02. The molecule has 1 unspecified atom stereocenters. The summed E-state index contributed by atoms with van der Waals surface area (Å²) in [4.78, 5) is 23.6. The highest BCUT2D eigenvalue weighted by Crippen LogP contribution is 2.32. The molecule has 0 fully saturated rings. The van der Waals surface area contributed by atoms with E-state index in [0.29, 0.717) is 0 Å². The van der Waals surface area contributed by atoms with E-state index in [1.165, 1.54) is 37.6 Å². The fourth-order valence-electron chi connectivity index (χ4n) is 1.73. The smallest absolute Gasteiger partial charge is 0.337 e. The molecule has 1 aromatic heterocycles. The highest BCUT2D eigenvalue weighted by molar-refractivity contribution is 6.68. The SMILES string of the molecule is COC(=O)c1cccc(OC(NC(=O)c2ccco2)C(Cl)(Cl)Cl)c1. The van der Waals surface area contributed by atoms with Gasteiger partial charge in [0.15, 0.2) is 5.76 Å². The number of ether oxygens (including phenoxy) is 2. The monoisotopic (exact) mass is 391 g/mol. The van der Waals surface area contributed by atoms with Crippen LogP contribution in [0.3, 0.4) is 0 Å². The summed E-state index contributed by atoms with van der Waals surface area (Å²) in [6.07, 6.45) is 0.00735. The average Bonchev–Trinajstić information content (AvgIpc) is 3.07. The molecule has 0 aliphatic rings. The van der Waals surface area contributed by atoms with Gasteiger partial charge in [-0.05, 0) is 30.3 Å². The van der Waals surface area contributed by atoms with Crippen LogP contribution < -0.4 is 10.1 Å². The number of rotatable bonds is 5. The van der Waals surface area contributed by atoms with Crippen LogP contribution in [0.2, 0.25) is 0 Å². The molecule has 0 saturated heterocycles. The number of hydrogen-bond donors (Lipinski definition) is 1. The first-order valence-corrected chi connectivity index (χ1v) is 7.71. The lowest BCUT2D eigenvalue weighted by Gasteiger charge is -2.26. The molecule has 0 radical (unpaired) electrons. The lowest BCUT2D eigenvalue weighted by atomic mass is 10.2. The number of furan rings is 1. The van der Waals surface area contributed by atoms with Gasteiger partial charge in [-0.1, -0.05) is 40.9 Å². The first-order chi connectivity index (χ1) is 11.3. The zero-order chi connectivity index (χ0) is 17.7. The molecular formula is C15H12Cl3NO5. The predicted molar refractivity (Wildman–Crippen MR) is 88.7 cm³/mol. The minimum Gasteiger partial charge on any atom is -0.466 e. The Kier molecular flexibility index (Phi) is 5.99. The molecule has 2 aromatic rings. The van der Waals surface area contributed by atoms with Gasteiger partial charge in [-0.15, -0.1) is 0 Å². The molecule has 9 heteroatoms. The van der Waals surface area contributed by atoms with E-state index in [2.05, 4.69) is 10.1 Å². The summed E-state index contributed by atoms with van der Waals surface area (Å²) >= 11 is 17.6. The molecule has 6 nitrogen and oxygen atoms in total. The van der Waals surface area contributed by atoms with Gasteiger partial charge in [-0.2, -0.15) is 0 Å². The van der Waals surface area contributed by atoms with Gasteiger partial charge in [-0.25, -0.2) is 4.79 Å². The van der Waals surface area contributed by atoms with E-state index in [1.54, 1.807) is 12.1 Å². The zero-order valence-corrected chi connectivity index (χ0v) is 14.6. The second kappa shape index (κ2) is 7.79. The number of methoxy groups -OCH3 is 1. The lowest BCUT2D eigenvalue weighted by molar-refractivity contribution is 0.0598. The second-order valence-corrected chi connectivity index (χ2v) is 6.88. The molecule has 0 bridgehead atoms. The van der Waals surface area contributed by atoms with Gasteiger partial charge in [0.05, 0.1) is 18.9 Å². The third-order valence-corrected chi connectivity index (χ3v) is 3.41. The summed E-state index contributed by atoms with van der Waals surface area (Å²) in [7, 11) is 1.25. The Labute approximate surface area is 152 Å². The van der Waals surface area contributed by atoms with Crippen LogP contribution >= 0.6 is 34.8 Å². The van der Waals surface area contributed by atoms with Gasteiger partial charge in [0.2, 0.25) is 10.0 Å². The van der Waals surface area contributed by atoms with Gasteiger partial charge in [-0.3, -0.25) is 4.79 Å². The number of halogens is 3. The number of esters is 1. The summed E-state index contributed by atoms with van der Waals surface area (Å²) < 4.78 is 13.1. The lowest BCUT2D eigenvalue weighted by Crippen LogP contribution is -2.47. The van der Waals surface area contributed by atoms with Crippen LogP contribution in [0, 0.1) is 0 Å². The topological polar surface area (TPSA) is 77.8 Å². The highest BCUT2D eigenvalue weighted by atomic mass is 35.6. The van der Waals surface area contributed by atoms with Crippen molar-refractivity contribution >= 4 is 46.7 Å². The summed E-state index contributed by atoms with van der Waals surface area (Å²) in [5.41, 5.74) is 0.246. The van der Waals surface area contributed by atoms with Crippen molar-refractivity contribution in [2.45, 2.75) is 10.0 Å². The molecule has 0 saturated carbocycles. The van der Waals surface area contributed by atoms with Crippen molar-refractivity contribution in [1.82, 2.24) is 5.32 Å². The van der Waals surface area contributed by atoms with Gasteiger partial charge in [0, 0.05) is 0 Å². The van der Waals surface area contributed by atoms with Crippen molar-refractivity contribution in [3.8, 4) is 5.75 Å². The number of nitrogens with one attached hydrogen (secondary N) is 1. The van der Waals surface area contributed by atoms with Crippen LogP contribution in [0.5, 0.6) is 5.75 Å². The molecule has 128 valence electrons. The third kappa shape index (κ3) is 4.80. The Bertz CT molecular complexity index is 712. The molecule has 24 heavy (non-hydrogen) atoms. The molecule has 0 spiro atoms. The first kappa shape index (κ1) is 18.4. The van der Waals surface area contributed by atoms with Crippen LogP contribution in [0.1, 0.15) is 20.9 Å². The summed E-state index contributed by atoms with van der Waals surface area (Å²) in [5, 5.41) is 2.40. The molecule has 2 rings (SSSR count). The largest absolute Gasteiger partial charge is 0.466 e. The molecule has 1 atom stereocenters. The van der Waals surface area contributed by atoms with E-state index < -0.39 is 21.9 Å². The summed E-state index contributed by atoms with van der Waals surface area (Å²) in [6, 6.07) is 9.02. The fraction of sp³-hybridized carbons (Fsp3) is 0.200. The van der Waals surface area contributed by atoms with E-state index >= 15 is 0 Å². The minimum atomic E-state index is -1.97. The zero-order valence-electron chi connectivity index (χ0n) is 12.3. The van der Waals surface area contributed by atoms with Crippen molar-refractivity contribution in [3.63, 3.8) is 0 Å². The van der Waals surface area contributed by atoms with Gasteiger partial charge in [0.1, 0.15) is 5.75 Å². The van der Waals surface area contributed by atoms with Gasteiger partial charge >= 0.3 is 5.97 Å². The molecule has 1 heterocycles. The van der Waals surface area contributed by atoms with Crippen molar-refractivity contribution < 1.29 is 23.5 Å². The van der Waals surface area contributed by atoms with E-state index in [1.807, 2.05) is 0 Å². The van der Waals surface area contributed by atoms with Crippen molar-refractivity contribution in [3.05, 3.63) is 54.0 Å². The van der Waals surface area contributed by atoms with Crippen molar-refractivity contribution in [1.29, 1.82) is 0 Å². The van der Waals surface area contributed by atoms with Crippen LogP contribution in [-0.2, 0) is 4.74 Å². The highest BCUT2D eigenvalue weighted by Gasteiger charge is 2.37. The Hall–Kier alpha value is -1.89. The molecule has 1 aromatic carbocycles. The predicted octanol–water partition coefficient (Wildman–Crippen LogP) is 3.57. The Morgan fingerprint density at radius 2 is 1.96 bits per heavy atom. The van der Waals surface area contributed by atoms with Gasteiger partial charge in [0.25, 0.3) is 5.91 Å². The first-order valence-electron chi connectivity index (χ1n) is 6.57. The number of carbonyl (C=O) groups is 2.